The van der Waals surface area contributed by atoms with E-state index in [0.29, 0.717) is 28.6 Å². The highest BCUT2D eigenvalue weighted by atomic mass is 35.5. The SMILES string of the molecule is O=C(CN1C(=O)C(=Cc2ccc(F)cc2)Oc2ccccc21)NCc1ccc(Cl)cc1. The Morgan fingerprint density at radius 2 is 1.74 bits per heavy atom. The third-order valence-corrected chi connectivity index (χ3v) is 4.96. The van der Waals surface area contributed by atoms with Crippen LogP contribution in [-0.2, 0) is 16.1 Å². The number of hydrogen-bond donors (Lipinski definition) is 1. The normalized spacial score (nSPS) is 14.2. The molecule has 31 heavy (non-hydrogen) atoms. The molecule has 0 radical (unpaired) electrons. The fraction of sp³-hybridized carbons (Fsp3) is 0.0833. The summed E-state index contributed by atoms with van der Waals surface area (Å²) in [4.78, 5) is 27.0. The number of nitrogens with zero attached hydrogens (tertiary/aromatic N) is 1. The van der Waals surface area contributed by atoms with Crippen LogP contribution in [0, 0.1) is 5.82 Å². The smallest absolute Gasteiger partial charge is 0.294 e. The Balaban J connectivity index is 1.53. The number of hydrogen-bond acceptors (Lipinski definition) is 3. The van der Waals surface area contributed by atoms with Gasteiger partial charge in [-0.1, -0.05) is 48.0 Å². The Kier molecular flexibility index (Phi) is 6.00. The first kappa shape index (κ1) is 20.6. The van der Waals surface area contributed by atoms with Crippen molar-refractivity contribution in [1.82, 2.24) is 5.32 Å². The molecular formula is C24H18ClFN2O3. The number of halogens is 2. The van der Waals surface area contributed by atoms with Crippen LogP contribution in [0.5, 0.6) is 5.75 Å². The van der Waals surface area contributed by atoms with E-state index in [2.05, 4.69) is 5.32 Å². The number of nitrogens with one attached hydrogen (secondary N) is 1. The largest absolute Gasteiger partial charge is 0.449 e. The van der Waals surface area contributed by atoms with E-state index in [1.807, 2.05) is 12.1 Å². The first-order valence-corrected chi connectivity index (χ1v) is 9.94. The number of anilines is 1. The van der Waals surface area contributed by atoms with Gasteiger partial charge in [0.1, 0.15) is 12.4 Å². The number of benzene rings is 3. The molecule has 156 valence electrons. The zero-order chi connectivity index (χ0) is 21.8. The van der Waals surface area contributed by atoms with Crippen molar-refractivity contribution in [2.45, 2.75) is 6.54 Å². The summed E-state index contributed by atoms with van der Waals surface area (Å²) in [6, 6.07) is 19.8. The van der Waals surface area contributed by atoms with Gasteiger partial charge in [-0.3, -0.25) is 14.5 Å². The maximum Gasteiger partial charge on any atom is 0.294 e. The van der Waals surface area contributed by atoms with Crippen molar-refractivity contribution in [2.24, 2.45) is 0 Å². The molecule has 0 atom stereocenters. The van der Waals surface area contributed by atoms with Gasteiger partial charge in [0.2, 0.25) is 5.91 Å². The summed E-state index contributed by atoms with van der Waals surface area (Å²) in [6.07, 6.45) is 1.52. The third kappa shape index (κ3) is 4.92. The van der Waals surface area contributed by atoms with Crippen molar-refractivity contribution in [3.8, 4) is 5.75 Å². The molecule has 0 aliphatic carbocycles. The van der Waals surface area contributed by atoms with Gasteiger partial charge in [0.15, 0.2) is 11.5 Å². The van der Waals surface area contributed by atoms with Crippen LogP contribution in [-0.4, -0.2) is 18.4 Å². The lowest BCUT2D eigenvalue weighted by Gasteiger charge is -2.30. The van der Waals surface area contributed by atoms with E-state index >= 15 is 0 Å². The van der Waals surface area contributed by atoms with Crippen molar-refractivity contribution in [2.75, 3.05) is 11.4 Å². The highest BCUT2D eigenvalue weighted by Gasteiger charge is 2.31. The van der Waals surface area contributed by atoms with Gasteiger partial charge in [-0.15, -0.1) is 0 Å². The van der Waals surface area contributed by atoms with Crippen LogP contribution in [0.3, 0.4) is 0 Å². The van der Waals surface area contributed by atoms with E-state index < -0.39 is 5.91 Å². The molecule has 3 aromatic carbocycles. The zero-order valence-electron chi connectivity index (χ0n) is 16.3. The predicted octanol–water partition coefficient (Wildman–Crippen LogP) is 4.56. The van der Waals surface area contributed by atoms with Crippen LogP contribution in [0.15, 0.2) is 78.6 Å². The molecular weight excluding hydrogens is 419 g/mol. The van der Waals surface area contributed by atoms with Gasteiger partial charge in [0.05, 0.1) is 5.69 Å². The zero-order valence-corrected chi connectivity index (χ0v) is 17.1. The van der Waals surface area contributed by atoms with Crippen molar-refractivity contribution < 1.29 is 18.7 Å². The lowest BCUT2D eigenvalue weighted by Crippen LogP contribution is -2.44. The van der Waals surface area contributed by atoms with Crippen molar-refractivity contribution in [3.05, 3.63) is 101 Å². The maximum absolute atomic E-state index is 13.2. The van der Waals surface area contributed by atoms with E-state index in [1.165, 1.54) is 23.1 Å². The molecule has 1 heterocycles. The molecule has 0 unspecified atom stereocenters. The van der Waals surface area contributed by atoms with E-state index in [-0.39, 0.29) is 24.0 Å². The van der Waals surface area contributed by atoms with Gasteiger partial charge >= 0.3 is 0 Å². The van der Waals surface area contributed by atoms with E-state index in [0.717, 1.165) is 5.56 Å². The molecule has 7 heteroatoms. The van der Waals surface area contributed by atoms with Gasteiger partial charge in [-0.05, 0) is 53.6 Å². The number of rotatable bonds is 5. The summed E-state index contributed by atoms with van der Waals surface area (Å²) in [5.74, 6) is -0.634. The second kappa shape index (κ2) is 9.02. The summed E-state index contributed by atoms with van der Waals surface area (Å²) in [5, 5.41) is 3.43. The van der Waals surface area contributed by atoms with Crippen LogP contribution in [0.4, 0.5) is 10.1 Å². The number of para-hydroxylation sites is 2. The quantitative estimate of drug-likeness (QED) is 0.596. The highest BCUT2D eigenvalue weighted by Crippen LogP contribution is 2.35. The summed E-state index contributed by atoms with van der Waals surface area (Å²) < 4.78 is 18.9. The third-order valence-electron chi connectivity index (χ3n) is 4.70. The molecule has 2 amide bonds. The van der Waals surface area contributed by atoms with Crippen LogP contribution >= 0.6 is 11.6 Å². The van der Waals surface area contributed by atoms with E-state index in [4.69, 9.17) is 16.3 Å². The van der Waals surface area contributed by atoms with Crippen LogP contribution in [0.1, 0.15) is 11.1 Å². The molecule has 3 aromatic rings. The number of carbonyl (C=O) groups excluding carboxylic acids is 2. The van der Waals surface area contributed by atoms with Gasteiger partial charge < -0.3 is 10.1 Å². The number of carbonyl (C=O) groups is 2. The van der Waals surface area contributed by atoms with Crippen molar-refractivity contribution in [1.29, 1.82) is 0 Å². The van der Waals surface area contributed by atoms with Crippen LogP contribution < -0.4 is 15.0 Å². The number of fused-ring (bicyclic) bond motifs is 1. The van der Waals surface area contributed by atoms with Gasteiger partial charge in [-0.25, -0.2) is 4.39 Å². The summed E-state index contributed by atoms with van der Waals surface area (Å²) >= 11 is 5.88. The molecule has 0 spiro atoms. The summed E-state index contributed by atoms with van der Waals surface area (Å²) in [7, 11) is 0. The van der Waals surface area contributed by atoms with Crippen LogP contribution in [0.25, 0.3) is 6.08 Å². The Bertz CT molecular complexity index is 1140. The van der Waals surface area contributed by atoms with Crippen molar-refractivity contribution >= 4 is 35.2 Å². The standard InChI is InChI=1S/C24H18ClFN2O3/c25-18-9-5-17(6-10-18)14-27-23(29)15-28-20-3-1-2-4-21(20)31-22(24(28)30)13-16-7-11-19(26)12-8-16/h1-13H,14-15H2,(H,27,29). The minimum Gasteiger partial charge on any atom is -0.449 e. The molecule has 0 bridgehead atoms. The number of amides is 2. The monoisotopic (exact) mass is 436 g/mol. The minimum absolute atomic E-state index is 0.0517. The molecule has 1 aliphatic heterocycles. The Morgan fingerprint density at radius 3 is 2.48 bits per heavy atom. The fourth-order valence-corrected chi connectivity index (χ4v) is 3.26. The van der Waals surface area contributed by atoms with E-state index in [1.54, 1.807) is 48.5 Å². The molecule has 0 saturated carbocycles. The second-order valence-electron chi connectivity index (χ2n) is 6.92. The first-order chi connectivity index (χ1) is 15.0. The maximum atomic E-state index is 13.2. The molecule has 0 saturated heterocycles. The fourth-order valence-electron chi connectivity index (χ4n) is 3.13. The molecule has 5 nitrogen and oxygen atoms in total. The Hall–Kier alpha value is -3.64. The summed E-state index contributed by atoms with van der Waals surface area (Å²) in [5.41, 5.74) is 2.00. The highest BCUT2D eigenvalue weighted by molar-refractivity contribution is 6.30. The molecule has 1 aliphatic rings. The Morgan fingerprint density at radius 1 is 1.03 bits per heavy atom. The first-order valence-electron chi connectivity index (χ1n) is 9.57. The van der Waals surface area contributed by atoms with Gasteiger partial charge in [-0.2, -0.15) is 0 Å². The predicted molar refractivity (Wildman–Crippen MR) is 117 cm³/mol. The summed E-state index contributed by atoms with van der Waals surface area (Å²) in [6.45, 7) is 0.141. The average molecular weight is 437 g/mol. The molecule has 0 aromatic heterocycles. The second-order valence-corrected chi connectivity index (χ2v) is 7.36. The minimum atomic E-state index is -0.454. The molecule has 4 rings (SSSR count). The van der Waals surface area contributed by atoms with Gasteiger partial charge in [0.25, 0.3) is 5.91 Å². The molecule has 0 fully saturated rings. The topological polar surface area (TPSA) is 58.6 Å². The lowest BCUT2D eigenvalue weighted by atomic mass is 10.1. The van der Waals surface area contributed by atoms with Crippen LogP contribution in [0.2, 0.25) is 5.02 Å². The molecule has 1 N–H and O–H groups in total. The van der Waals surface area contributed by atoms with Gasteiger partial charge in [0, 0.05) is 11.6 Å². The lowest BCUT2D eigenvalue weighted by molar-refractivity contribution is -0.123. The number of ether oxygens (including phenoxy) is 1. The average Bonchev–Trinajstić information content (AvgIpc) is 2.77. The van der Waals surface area contributed by atoms with Crippen molar-refractivity contribution in [3.63, 3.8) is 0 Å². The van der Waals surface area contributed by atoms with E-state index in [9.17, 15) is 14.0 Å². The Labute approximate surface area is 183 Å².